The maximum atomic E-state index is 13.1. The Morgan fingerprint density at radius 2 is 1.78 bits per heavy atom. The lowest BCUT2D eigenvalue weighted by Gasteiger charge is -2.31. The van der Waals surface area contributed by atoms with Crippen LogP contribution in [0, 0.1) is 6.92 Å². The number of hydrogen-bond donors (Lipinski definition) is 1. The molecule has 2 amide bonds. The van der Waals surface area contributed by atoms with Gasteiger partial charge in [-0.3, -0.25) is 9.59 Å². The van der Waals surface area contributed by atoms with Gasteiger partial charge in [0.25, 0.3) is 0 Å². The number of benzene rings is 2. The molecule has 5 heteroatoms. The average Bonchev–Trinajstić information content (AvgIpc) is 2.69. The van der Waals surface area contributed by atoms with Gasteiger partial charge >= 0.3 is 0 Å². The highest BCUT2D eigenvalue weighted by Crippen LogP contribution is 2.18. The van der Waals surface area contributed by atoms with Crippen molar-refractivity contribution >= 4 is 11.8 Å². The Morgan fingerprint density at radius 3 is 2.33 bits per heavy atom. The highest BCUT2D eigenvalue weighted by Gasteiger charge is 2.28. The van der Waals surface area contributed by atoms with Crippen LogP contribution in [0.1, 0.15) is 30.0 Å². The van der Waals surface area contributed by atoms with E-state index in [9.17, 15) is 9.59 Å². The van der Waals surface area contributed by atoms with Crippen molar-refractivity contribution in [1.82, 2.24) is 10.2 Å². The van der Waals surface area contributed by atoms with E-state index in [-0.39, 0.29) is 18.2 Å². The minimum absolute atomic E-state index is 0.0705. The van der Waals surface area contributed by atoms with Gasteiger partial charge in [0.2, 0.25) is 11.8 Å². The summed E-state index contributed by atoms with van der Waals surface area (Å²) in [6.07, 6.45) is 0.795. The van der Waals surface area contributed by atoms with Gasteiger partial charge in [-0.2, -0.15) is 0 Å². The molecule has 0 radical (unpaired) electrons. The average molecular weight is 368 g/mol. The lowest BCUT2D eigenvalue weighted by atomic mass is 10.0. The van der Waals surface area contributed by atoms with E-state index >= 15 is 0 Å². The Hall–Kier alpha value is -2.82. The van der Waals surface area contributed by atoms with Crippen LogP contribution in [0.15, 0.2) is 48.5 Å². The van der Waals surface area contributed by atoms with Crippen molar-refractivity contribution in [3.63, 3.8) is 0 Å². The second kappa shape index (κ2) is 9.76. The molecular formula is C22H28N2O3. The SMILES string of the molecule is CC[C@H](C(=O)NC)N(Cc1ccccc1C)C(=O)Cc1ccc(OC)cc1. The normalized spacial score (nSPS) is 11.6. The smallest absolute Gasteiger partial charge is 0.242 e. The molecule has 2 aromatic rings. The molecule has 2 aromatic carbocycles. The van der Waals surface area contributed by atoms with Crippen LogP contribution >= 0.6 is 0 Å². The first-order chi connectivity index (χ1) is 13.0. The molecule has 0 saturated heterocycles. The standard InChI is InChI=1S/C22H28N2O3/c1-5-20(22(26)23-3)24(15-18-9-7-6-8-16(18)2)21(25)14-17-10-12-19(27-4)13-11-17/h6-13,20H,5,14-15H2,1-4H3,(H,23,26)/t20-/m1/s1. The number of methoxy groups -OCH3 is 1. The number of nitrogens with zero attached hydrogens (tertiary/aromatic N) is 1. The molecule has 0 bridgehead atoms. The lowest BCUT2D eigenvalue weighted by molar-refractivity contribution is -0.140. The van der Waals surface area contributed by atoms with Gasteiger partial charge in [0.05, 0.1) is 13.5 Å². The first-order valence-electron chi connectivity index (χ1n) is 9.18. The third-order valence-corrected chi connectivity index (χ3v) is 4.75. The third-order valence-electron chi connectivity index (χ3n) is 4.75. The maximum Gasteiger partial charge on any atom is 0.242 e. The van der Waals surface area contributed by atoms with E-state index in [1.165, 1.54) is 0 Å². The third kappa shape index (κ3) is 5.33. The Labute approximate surface area is 161 Å². The van der Waals surface area contributed by atoms with Gasteiger partial charge < -0.3 is 15.0 Å². The molecule has 0 saturated carbocycles. The summed E-state index contributed by atoms with van der Waals surface area (Å²) >= 11 is 0. The summed E-state index contributed by atoms with van der Waals surface area (Å²) in [4.78, 5) is 27.2. The van der Waals surface area contributed by atoms with Gasteiger partial charge in [-0.15, -0.1) is 0 Å². The molecule has 1 N–H and O–H groups in total. The number of amides is 2. The molecule has 5 nitrogen and oxygen atoms in total. The molecule has 0 fully saturated rings. The molecule has 27 heavy (non-hydrogen) atoms. The fourth-order valence-corrected chi connectivity index (χ4v) is 3.08. The van der Waals surface area contributed by atoms with Crippen molar-refractivity contribution in [2.75, 3.05) is 14.2 Å². The monoisotopic (exact) mass is 368 g/mol. The van der Waals surface area contributed by atoms with E-state index in [0.29, 0.717) is 13.0 Å². The molecule has 0 aliphatic carbocycles. The number of carbonyl (C=O) groups excluding carboxylic acids is 2. The molecule has 144 valence electrons. The summed E-state index contributed by atoms with van der Waals surface area (Å²) in [5.41, 5.74) is 3.04. The topological polar surface area (TPSA) is 58.6 Å². The van der Waals surface area contributed by atoms with Gasteiger partial charge in [0.1, 0.15) is 11.8 Å². The van der Waals surface area contributed by atoms with E-state index in [0.717, 1.165) is 22.4 Å². The lowest BCUT2D eigenvalue weighted by Crippen LogP contribution is -2.48. The van der Waals surface area contributed by atoms with E-state index < -0.39 is 6.04 Å². The van der Waals surface area contributed by atoms with Crippen LogP contribution in [0.3, 0.4) is 0 Å². The Morgan fingerprint density at radius 1 is 1.11 bits per heavy atom. The van der Waals surface area contributed by atoms with Gasteiger partial charge in [-0.1, -0.05) is 43.3 Å². The zero-order valence-electron chi connectivity index (χ0n) is 16.5. The number of likely N-dealkylation sites (N-methyl/N-ethyl adjacent to an activating group) is 1. The second-order valence-corrected chi connectivity index (χ2v) is 6.51. The molecular weight excluding hydrogens is 340 g/mol. The number of hydrogen-bond acceptors (Lipinski definition) is 3. The van der Waals surface area contributed by atoms with Crippen molar-refractivity contribution in [1.29, 1.82) is 0 Å². The first-order valence-corrected chi connectivity index (χ1v) is 9.18. The van der Waals surface area contributed by atoms with E-state index in [4.69, 9.17) is 4.74 Å². The predicted molar refractivity (Wildman–Crippen MR) is 107 cm³/mol. The van der Waals surface area contributed by atoms with E-state index in [1.807, 2.05) is 62.4 Å². The number of carbonyl (C=O) groups is 2. The molecule has 0 aliphatic heterocycles. The van der Waals surface area contributed by atoms with Crippen LogP contribution in [0.4, 0.5) is 0 Å². The summed E-state index contributed by atoms with van der Waals surface area (Å²) in [5.74, 6) is 0.535. The maximum absolute atomic E-state index is 13.1. The van der Waals surface area contributed by atoms with Gasteiger partial charge in [-0.05, 0) is 42.2 Å². The fourth-order valence-electron chi connectivity index (χ4n) is 3.08. The highest BCUT2D eigenvalue weighted by atomic mass is 16.5. The summed E-state index contributed by atoms with van der Waals surface area (Å²) in [6, 6.07) is 14.9. The van der Waals surface area contributed by atoms with Crippen LogP contribution in [0.2, 0.25) is 0 Å². The number of ether oxygens (including phenoxy) is 1. The minimum atomic E-state index is -0.500. The number of rotatable bonds is 8. The minimum Gasteiger partial charge on any atom is -0.497 e. The highest BCUT2D eigenvalue weighted by molar-refractivity contribution is 5.88. The van der Waals surface area contributed by atoms with Gasteiger partial charge in [0.15, 0.2) is 0 Å². The fraction of sp³-hybridized carbons (Fsp3) is 0.364. The van der Waals surface area contributed by atoms with Crippen molar-refractivity contribution in [2.24, 2.45) is 0 Å². The van der Waals surface area contributed by atoms with Crippen LogP contribution in [-0.2, 0) is 22.6 Å². The van der Waals surface area contributed by atoms with Crippen molar-refractivity contribution in [3.8, 4) is 5.75 Å². The number of nitrogens with one attached hydrogen (secondary N) is 1. The molecule has 0 spiro atoms. The zero-order chi connectivity index (χ0) is 19.8. The Bertz CT molecular complexity index is 771. The van der Waals surface area contributed by atoms with E-state index in [2.05, 4.69) is 5.32 Å². The van der Waals surface area contributed by atoms with E-state index in [1.54, 1.807) is 19.1 Å². The first kappa shape index (κ1) is 20.5. The van der Waals surface area contributed by atoms with Crippen molar-refractivity contribution < 1.29 is 14.3 Å². The molecule has 0 unspecified atom stereocenters. The quantitative estimate of drug-likeness (QED) is 0.779. The summed E-state index contributed by atoms with van der Waals surface area (Å²) in [7, 11) is 3.21. The zero-order valence-corrected chi connectivity index (χ0v) is 16.5. The van der Waals surface area contributed by atoms with Crippen molar-refractivity contribution in [3.05, 3.63) is 65.2 Å². The molecule has 2 rings (SSSR count). The van der Waals surface area contributed by atoms with Gasteiger partial charge in [-0.25, -0.2) is 0 Å². The summed E-state index contributed by atoms with van der Waals surface area (Å²) < 4.78 is 5.17. The van der Waals surface area contributed by atoms with Gasteiger partial charge in [0, 0.05) is 13.6 Å². The Kier molecular flexibility index (Phi) is 7.41. The second-order valence-electron chi connectivity index (χ2n) is 6.51. The Balaban J connectivity index is 2.27. The van der Waals surface area contributed by atoms with Crippen LogP contribution in [0.25, 0.3) is 0 Å². The van der Waals surface area contributed by atoms with Crippen LogP contribution in [0.5, 0.6) is 5.75 Å². The largest absolute Gasteiger partial charge is 0.497 e. The molecule has 0 aliphatic rings. The summed E-state index contributed by atoms with van der Waals surface area (Å²) in [5, 5.41) is 2.68. The van der Waals surface area contributed by atoms with Crippen LogP contribution in [-0.4, -0.2) is 36.9 Å². The predicted octanol–water partition coefficient (Wildman–Crippen LogP) is 3.10. The summed E-state index contributed by atoms with van der Waals surface area (Å²) in [6.45, 7) is 4.35. The molecule has 0 aromatic heterocycles. The van der Waals surface area contributed by atoms with Crippen LogP contribution < -0.4 is 10.1 Å². The number of aryl methyl sites for hydroxylation is 1. The van der Waals surface area contributed by atoms with Crippen molar-refractivity contribution in [2.45, 2.75) is 39.3 Å². The molecule has 0 heterocycles. The molecule has 1 atom stereocenters.